The minimum Gasteiger partial charge on any atom is -0.268 e. The smallest absolute Gasteiger partial charge is 0.266 e. The van der Waals surface area contributed by atoms with Gasteiger partial charge in [0.1, 0.15) is 11.6 Å². The second-order valence-electron chi connectivity index (χ2n) is 5.66. The van der Waals surface area contributed by atoms with Gasteiger partial charge in [0, 0.05) is 11.6 Å². The zero-order valence-electron chi connectivity index (χ0n) is 12.9. The van der Waals surface area contributed by atoms with Gasteiger partial charge in [-0.25, -0.2) is 13.7 Å². The quantitative estimate of drug-likeness (QED) is 0.650. The van der Waals surface area contributed by atoms with E-state index >= 15 is 0 Å². The van der Waals surface area contributed by atoms with Gasteiger partial charge in [0.25, 0.3) is 11.8 Å². The first kappa shape index (κ1) is 15.2. The van der Waals surface area contributed by atoms with Crippen LogP contribution < -0.4 is 4.90 Å². The molecule has 1 aliphatic rings. The van der Waals surface area contributed by atoms with E-state index < -0.39 is 11.6 Å². The highest BCUT2D eigenvalue weighted by molar-refractivity contribution is 6.34. The maximum absolute atomic E-state index is 13.9. The fraction of sp³-hybridized carbons (Fsp3) is 0. The molecular weight excluding hydrogens is 324 g/mol. The lowest BCUT2D eigenvalue weighted by atomic mass is 10.0. The van der Waals surface area contributed by atoms with Gasteiger partial charge in [-0.2, -0.15) is 0 Å². The molecule has 0 radical (unpaired) electrons. The zero-order chi connectivity index (χ0) is 17.6. The number of hydrogen-bond acceptors (Lipinski definition) is 2. The van der Waals surface area contributed by atoms with E-state index in [4.69, 9.17) is 0 Å². The molecule has 4 rings (SSSR count). The molecule has 122 valence electrons. The summed E-state index contributed by atoms with van der Waals surface area (Å²) in [7, 11) is 0. The molecule has 0 atom stereocenters. The van der Waals surface area contributed by atoms with Crippen molar-refractivity contribution in [3.05, 3.63) is 89.5 Å². The van der Waals surface area contributed by atoms with Gasteiger partial charge in [0.15, 0.2) is 0 Å². The Morgan fingerprint density at radius 2 is 1.28 bits per heavy atom. The van der Waals surface area contributed by atoms with Gasteiger partial charge in [-0.05, 0) is 42.0 Å². The second-order valence-corrected chi connectivity index (χ2v) is 5.66. The number of carbonyl (C=O) groups excluding carboxylic acids is 2. The SMILES string of the molecule is O=C1c2ccccc2C(=O)N1c1ccc(-c2ccc(F)cc2F)cc1. The van der Waals surface area contributed by atoms with Crippen molar-refractivity contribution in [1.82, 2.24) is 0 Å². The molecule has 0 spiro atoms. The molecule has 0 aliphatic carbocycles. The van der Waals surface area contributed by atoms with Gasteiger partial charge in [0.2, 0.25) is 0 Å². The van der Waals surface area contributed by atoms with Crippen LogP contribution in [0.5, 0.6) is 0 Å². The molecule has 2 amide bonds. The topological polar surface area (TPSA) is 37.4 Å². The van der Waals surface area contributed by atoms with Crippen molar-refractivity contribution in [2.24, 2.45) is 0 Å². The number of imide groups is 1. The number of rotatable bonds is 2. The molecule has 0 bridgehead atoms. The summed E-state index contributed by atoms with van der Waals surface area (Å²) in [6.45, 7) is 0. The minimum absolute atomic E-state index is 0.246. The Labute approximate surface area is 142 Å². The van der Waals surface area contributed by atoms with Gasteiger partial charge in [-0.3, -0.25) is 9.59 Å². The van der Waals surface area contributed by atoms with Crippen LogP contribution in [0.3, 0.4) is 0 Å². The molecule has 0 saturated carbocycles. The monoisotopic (exact) mass is 335 g/mol. The van der Waals surface area contributed by atoms with Crippen LogP contribution in [-0.4, -0.2) is 11.8 Å². The third-order valence-corrected chi connectivity index (χ3v) is 4.16. The van der Waals surface area contributed by atoms with Gasteiger partial charge >= 0.3 is 0 Å². The van der Waals surface area contributed by atoms with Gasteiger partial charge in [-0.15, -0.1) is 0 Å². The van der Waals surface area contributed by atoms with E-state index in [0.29, 0.717) is 22.4 Å². The number of nitrogens with zero attached hydrogens (tertiary/aromatic N) is 1. The van der Waals surface area contributed by atoms with Crippen molar-refractivity contribution in [3.8, 4) is 11.1 Å². The van der Waals surface area contributed by atoms with Crippen molar-refractivity contribution in [2.45, 2.75) is 0 Å². The molecule has 5 heteroatoms. The van der Waals surface area contributed by atoms with E-state index in [2.05, 4.69) is 0 Å². The first-order valence-electron chi connectivity index (χ1n) is 7.59. The first-order valence-corrected chi connectivity index (χ1v) is 7.59. The number of benzene rings is 3. The lowest BCUT2D eigenvalue weighted by molar-refractivity contribution is 0.0926. The van der Waals surface area contributed by atoms with Crippen LogP contribution in [0.2, 0.25) is 0 Å². The standard InChI is InChI=1S/C20H11F2NO2/c21-13-7-10-15(18(22)11-13)12-5-8-14(9-6-12)23-19(24)16-3-1-2-4-17(16)20(23)25/h1-11H. The summed E-state index contributed by atoms with van der Waals surface area (Å²) >= 11 is 0. The van der Waals surface area contributed by atoms with E-state index in [1.807, 2.05) is 0 Å². The van der Waals surface area contributed by atoms with Crippen LogP contribution in [0, 0.1) is 11.6 Å². The summed E-state index contributed by atoms with van der Waals surface area (Å²) in [4.78, 5) is 26.0. The highest BCUT2D eigenvalue weighted by Crippen LogP contribution is 2.31. The van der Waals surface area contributed by atoms with E-state index in [1.54, 1.807) is 48.5 Å². The van der Waals surface area contributed by atoms with Crippen LogP contribution in [0.4, 0.5) is 14.5 Å². The molecule has 1 aliphatic heterocycles. The molecule has 0 saturated heterocycles. The summed E-state index contributed by atoms with van der Waals surface area (Å²) in [5.41, 5.74) is 1.90. The fourth-order valence-corrected chi connectivity index (χ4v) is 2.94. The summed E-state index contributed by atoms with van der Waals surface area (Å²) in [6.07, 6.45) is 0. The van der Waals surface area contributed by atoms with Gasteiger partial charge in [0.05, 0.1) is 16.8 Å². The first-order chi connectivity index (χ1) is 12.1. The third-order valence-electron chi connectivity index (χ3n) is 4.16. The number of amides is 2. The number of carbonyl (C=O) groups is 2. The highest BCUT2D eigenvalue weighted by atomic mass is 19.1. The van der Waals surface area contributed by atoms with Crippen molar-refractivity contribution in [2.75, 3.05) is 4.90 Å². The third kappa shape index (κ3) is 2.41. The van der Waals surface area contributed by atoms with Gasteiger partial charge < -0.3 is 0 Å². The number of hydrogen-bond donors (Lipinski definition) is 0. The summed E-state index contributed by atoms with van der Waals surface area (Å²) in [6, 6.07) is 16.3. The molecule has 3 aromatic rings. The van der Waals surface area contributed by atoms with Gasteiger partial charge in [-0.1, -0.05) is 24.3 Å². The Hall–Kier alpha value is -3.34. The van der Waals surface area contributed by atoms with Crippen LogP contribution in [0.25, 0.3) is 11.1 Å². The van der Waals surface area contributed by atoms with Crippen molar-refractivity contribution < 1.29 is 18.4 Å². The minimum atomic E-state index is -0.673. The Balaban J connectivity index is 1.70. The Morgan fingerprint density at radius 1 is 0.680 bits per heavy atom. The lowest BCUT2D eigenvalue weighted by Gasteiger charge is -2.14. The van der Waals surface area contributed by atoms with Crippen molar-refractivity contribution in [3.63, 3.8) is 0 Å². The van der Waals surface area contributed by atoms with E-state index in [0.717, 1.165) is 11.0 Å². The van der Waals surface area contributed by atoms with E-state index in [9.17, 15) is 18.4 Å². The molecule has 25 heavy (non-hydrogen) atoms. The Bertz CT molecular complexity index is 977. The van der Waals surface area contributed by atoms with E-state index in [-0.39, 0.29) is 17.4 Å². The molecular formula is C20H11F2NO2. The number of fused-ring (bicyclic) bond motifs is 1. The maximum Gasteiger partial charge on any atom is 0.266 e. The molecule has 0 unspecified atom stereocenters. The van der Waals surface area contributed by atoms with Crippen LogP contribution in [-0.2, 0) is 0 Å². The fourth-order valence-electron chi connectivity index (χ4n) is 2.94. The highest BCUT2D eigenvalue weighted by Gasteiger charge is 2.36. The van der Waals surface area contributed by atoms with Crippen molar-refractivity contribution in [1.29, 1.82) is 0 Å². The predicted molar refractivity (Wildman–Crippen MR) is 89.4 cm³/mol. The Kier molecular flexibility index (Phi) is 3.42. The molecule has 3 aromatic carbocycles. The van der Waals surface area contributed by atoms with Crippen molar-refractivity contribution >= 4 is 17.5 Å². The lowest BCUT2D eigenvalue weighted by Crippen LogP contribution is -2.29. The average molecular weight is 335 g/mol. The summed E-state index contributed by atoms with van der Waals surface area (Å²) in [5.74, 6) is -2.10. The second kappa shape index (κ2) is 5.63. The Morgan fingerprint density at radius 3 is 1.84 bits per heavy atom. The summed E-state index contributed by atoms with van der Waals surface area (Å²) in [5, 5.41) is 0. The predicted octanol–water partition coefficient (Wildman–Crippen LogP) is 4.43. The largest absolute Gasteiger partial charge is 0.268 e. The number of halogens is 2. The molecule has 0 N–H and O–H groups in total. The maximum atomic E-state index is 13.9. The van der Waals surface area contributed by atoms with Crippen LogP contribution in [0.1, 0.15) is 20.7 Å². The van der Waals surface area contributed by atoms with Crippen LogP contribution >= 0.6 is 0 Å². The molecule has 3 nitrogen and oxygen atoms in total. The summed E-state index contributed by atoms with van der Waals surface area (Å²) < 4.78 is 26.9. The molecule has 0 fully saturated rings. The normalized spacial score (nSPS) is 13.3. The molecule has 1 heterocycles. The van der Waals surface area contributed by atoms with Crippen LogP contribution in [0.15, 0.2) is 66.7 Å². The zero-order valence-corrected chi connectivity index (χ0v) is 12.9. The average Bonchev–Trinajstić information content (AvgIpc) is 2.87. The number of anilines is 1. The van der Waals surface area contributed by atoms with E-state index in [1.165, 1.54) is 12.1 Å². The molecule has 0 aromatic heterocycles.